The van der Waals surface area contributed by atoms with Crippen LogP contribution in [0.1, 0.15) is 34.1 Å². The number of aliphatic hydroxyl groups excluding tert-OH is 3. The van der Waals surface area contributed by atoms with Gasteiger partial charge < -0.3 is 15.3 Å². The summed E-state index contributed by atoms with van der Waals surface area (Å²) in [5.74, 6) is 2.28. The lowest BCUT2D eigenvalue weighted by Gasteiger charge is -2.43. The van der Waals surface area contributed by atoms with E-state index in [9.17, 15) is 15.3 Å². The summed E-state index contributed by atoms with van der Waals surface area (Å²) in [5, 5.41) is 31.1. The van der Waals surface area contributed by atoms with Gasteiger partial charge in [-0.15, -0.1) is 35.3 Å². The predicted molar refractivity (Wildman–Crippen MR) is 85.1 cm³/mol. The van der Waals surface area contributed by atoms with E-state index in [1.165, 1.54) is 35.3 Å². The molecule has 3 atom stereocenters. The maximum Gasteiger partial charge on any atom is 0.112 e. The average Bonchev–Trinajstić information content (AvgIpc) is 2.31. The summed E-state index contributed by atoms with van der Waals surface area (Å²) in [5.41, 5.74) is -3.14. The minimum absolute atomic E-state index is 0.545. The van der Waals surface area contributed by atoms with Gasteiger partial charge >= 0.3 is 0 Å². The number of rotatable bonds is 10. The summed E-state index contributed by atoms with van der Waals surface area (Å²) in [7, 11) is 0. The van der Waals surface area contributed by atoms with E-state index in [2.05, 4.69) is 0 Å². The van der Waals surface area contributed by atoms with Crippen LogP contribution in [0, 0.1) is 5.41 Å². The maximum absolute atomic E-state index is 10.4. The summed E-state index contributed by atoms with van der Waals surface area (Å²) in [6, 6.07) is 0. The van der Waals surface area contributed by atoms with Crippen LogP contribution < -0.4 is 0 Å². The van der Waals surface area contributed by atoms with E-state index < -0.39 is 21.7 Å². The molecule has 6 heteroatoms. The Morgan fingerprint density at radius 1 is 0.722 bits per heavy atom. The molecule has 0 aromatic carbocycles. The number of hydrogen-bond donors (Lipinski definition) is 3. The van der Waals surface area contributed by atoms with Crippen LogP contribution in [0.4, 0.5) is 0 Å². The molecule has 3 unspecified atom stereocenters. The smallest absolute Gasteiger partial charge is 0.112 e. The van der Waals surface area contributed by atoms with Crippen LogP contribution in [0.3, 0.4) is 0 Å². The normalized spacial score (nSPS) is 20.2. The summed E-state index contributed by atoms with van der Waals surface area (Å²) in [6.07, 6.45) is 0.545. The Hall–Kier alpha value is 0.930. The molecule has 0 fully saturated rings. The lowest BCUT2D eigenvalue weighted by atomic mass is 9.87. The SMILES string of the molecule is CCSC(O)C(CC)(C(O)SCC)C(O)SCC. The molecule has 0 amide bonds. The van der Waals surface area contributed by atoms with E-state index in [1.807, 2.05) is 27.7 Å². The highest BCUT2D eigenvalue weighted by Crippen LogP contribution is 2.46. The lowest BCUT2D eigenvalue weighted by Crippen LogP contribution is -2.50. The molecule has 3 N–H and O–H groups in total. The summed E-state index contributed by atoms with van der Waals surface area (Å²) in [6.45, 7) is 7.81. The monoisotopic (exact) mass is 314 g/mol. The fourth-order valence-corrected chi connectivity index (χ4v) is 5.24. The molecule has 18 heavy (non-hydrogen) atoms. The zero-order valence-electron chi connectivity index (χ0n) is 11.6. The molecule has 110 valence electrons. The number of aliphatic hydroxyl groups is 3. The first-order valence-corrected chi connectivity index (χ1v) is 9.54. The highest BCUT2D eigenvalue weighted by atomic mass is 32.2. The van der Waals surface area contributed by atoms with Crippen molar-refractivity contribution >= 4 is 35.3 Å². The largest absolute Gasteiger partial charge is 0.382 e. The molecule has 0 aromatic heterocycles. The van der Waals surface area contributed by atoms with E-state index in [1.54, 1.807) is 0 Å². The van der Waals surface area contributed by atoms with Gasteiger partial charge in [0.25, 0.3) is 0 Å². The van der Waals surface area contributed by atoms with E-state index in [0.29, 0.717) is 6.42 Å². The van der Waals surface area contributed by atoms with Crippen LogP contribution in [0.15, 0.2) is 0 Å². The molecule has 0 saturated heterocycles. The minimum atomic E-state index is -0.873. The second kappa shape index (κ2) is 9.77. The standard InChI is InChI=1S/C12H26O3S3/c1-5-12(9(13)16-6-2,10(14)17-7-3)11(15)18-8-4/h9-11,13-15H,5-8H2,1-4H3. The van der Waals surface area contributed by atoms with Gasteiger partial charge in [-0.25, -0.2) is 0 Å². The van der Waals surface area contributed by atoms with E-state index in [0.717, 1.165) is 17.3 Å². The molecular formula is C12H26O3S3. The van der Waals surface area contributed by atoms with Gasteiger partial charge in [0, 0.05) is 0 Å². The first-order valence-electron chi connectivity index (χ1n) is 6.40. The minimum Gasteiger partial charge on any atom is -0.382 e. The topological polar surface area (TPSA) is 60.7 Å². The third-order valence-corrected chi connectivity index (χ3v) is 6.23. The van der Waals surface area contributed by atoms with Crippen LogP contribution in [0.25, 0.3) is 0 Å². The molecule has 0 aromatic rings. The molecule has 0 radical (unpaired) electrons. The highest BCUT2D eigenvalue weighted by Gasteiger charge is 2.49. The molecule has 0 aliphatic rings. The van der Waals surface area contributed by atoms with Crippen LogP contribution >= 0.6 is 35.3 Å². The van der Waals surface area contributed by atoms with Gasteiger partial charge in [-0.1, -0.05) is 27.7 Å². The van der Waals surface area contributed by atoms with E-state index in [4.69, 9.17) is 0 Å². The molecular weight excluding hydrogens is 288 g/mol. The number of hydrogen-bond acceptors (Lipinski definition) is 6. The van der Waals surface area contributed by atoms with Crippen LogP contribution in [-0.2, 0) is 0 Å². The molecule has 0 rings (SSSR count). The van der Waals surface area contributed by atoms with Gasteiger partial charge in [-0.3, -0.25) is 0 Å². The van der Waals surface area contributed by atoms with Crippen molar-refractivity contribution in [3.05, 3.63) is 0 Å². The van der Waals surface area contributed by atoms with Crippen molar-refractivity contribution in [1.29, 1.82) is 0 Å². The second-order valence-corrected chi connectivity index (χ2v) is 7.96. The van der Waals surface area contributed by atoms with Gasteiger partial charge in [-0.2, -0.15) is 0 Å². The molecule has 0 heterocycles. The summed E-state index contributed by atoms with van der Waals surface area (Å²) >= 11 is 4.14. The van der Waals surface area contributed by atoms with E-state index >= 15 is 0 Å². The average molecular weight is 315 g/mol. The number of thioether (sulfide) groups is 3. The zero-order valence-corrected chi connectivity index (χ0v) is 14.1. The molecule has 3 nitrogen and oxygen atoms in total. The fourth-order valence-electron chi connectivity index (χ4n) is 1.83. The highest BCUT2D eigenvalue weighted by molar-refractivity contribution is 8.01. The van der Waals surface area contributed by atoms with Crippen molar-refractivity contribution in [3.63, 3.8) is 0 Å². The molecule has 0 bridgehead atoms. The maximum atomic E-state index is 10.4. The second-order valence-electron chi connectivity index (χ2n) is 3.89. The van der Waals surface area contributed by atoms with Gasteiger partial charge in [-0.05, 0) is 23.7 Å². The summed E-state index contributed by atoms with van der Waals surface area (Å²) in [4.78, 5) is 0. The Balaban J connectivity index is 5.16. The Bertz CT molecular complexity index is 185. The first-order chi connectivity index (χ1) is 8.50. The Morgan fingerprint density at radius 2 is 1.00 bits per heavy atom. The van der Waals surface area contributed by atoms with Gasteiger partial charge in [0.2, 0.25) is 0 Å². The fraction of sp³-hybridized carbons (Fsp3) is 1.00. The lowest BCUT2D eigenvalue weighted by molar-refractivity contribution is -0.0446. The Kier molecular flexibility index (Phi) is 10.3. The molecule has 0 aliphatic carbocycles. The van der Waals surface area contributed by atoms with E-state index in [-0.39, 0.29) is 0 Å². The van der Waals surface area contributed by atoms with Crippen molar-refractivity contribution in [2.45, 2.75) is 50.4 Å². The van der Waals surface area contributed by atoms with Gasteiger partial charge in [0.05, 0.1) is 5.41 Å². The van der Waals surface area contributed by atoms with Crippen molar-refractivity contribution in [3.8, 4) is 0 Å². The van der Waals surface area contributed by atoms with Crippen LogP contribution in [-0.4, -0.2) is 48.9 Å². The van der Waals surface area contributed by atoms with Crippen molar-refractivity contribution in [1.82, 2.24) is 0 Å². The Morgan fingerprint density at radius 3 is 1.17 bits per heavy atom. The third kappa shape index (κ3) is 4.49. The molecule has 0 aliphatic heterocycles. The predicted octanol–water partition coefficient (Wildman–Crippen LogP) is 2.60. The van der Waals surface area contributed by atoms with Crippen molar-refractivity contribution in [2.75, 3.05) is 17.3 Å². The van der Waals surface area contributed by atoms with Crippen molar-refractivity contribution in [2.24, 2.45) is 5.41 Å². The van der Waals surface area contributed by atoms with Gasteiger partial charge in [0.1, 0.15) is 16.3 Å². The molecule has 0 saturated carbocycles. The Labute approximate surface area is 124 Å². The first kappa shape index (κ1) is 18.9. The van der Waals surface area contributed by atoms with Crippen LogP contribution in [0.5, 0.6) is 0 Å². The third-order valence-electron chi connectivity index (χ3n) is 2.97. The summed E-state index contributed by atoms with van der Waals surface area (Å²) < 4.78 is 0. The quantitative estimate of drug-likeness (QED) is 0.539. The molecule has 0 spiro atoms. The van der Waals surface area contributed by atoms with Crippen LogP contribution in [0.2, 0.25) is 0 Å². The van der Waals surface area contributed by atoms with Crippen molar-refractivity contribution < 1.29 is 15.3 Å². The van der Waals surface area contributed by atoms with Gasteiger partial charge in [0.15, 0.2) is 0 Å². The zero-order chi connectivity index (χ0) is 14.2.